The predicted molar refractivity (Wildman–Crippen MR) is 84.6 cm³/mol. The van der Waals surface area contributed by atoms with Crippen molar-refractivity contribution < 1.29 is 4.79 Å². The van der Waals surface area contributed by atoms with E-state index < -0.39 is 0 Å². The van der Waals surface area contributed by atoms with Gasteiger partial charge in [-0.1, -0.05) is 29.8 Å². The summed E-state index contributed by atoms with van der Waals surface area (Å²) in [5, 5.41) is 7.45. The topological polar surface area (TPSA) is 46.9 Å². The molecule has 0 aliphatic carbocycles. The number of aromatic nitrogens is 2. The van der Waals surface area contributed by atoms with Crippen LogP contribution >= 0.6 is 0 Å². The second-order valence-electron chi connectivity index (χ2n) is 5.82. The summed E-state index contributed by atoms with van der Waals surface area (Å²) < 4.78 is 1.90. The molecule has 1 amide bonds. The lowest BCUT2D eigenvalue weighted by atomic mass is 10.1. The molecule has 2 aromatic rings. The van der Waals surface area contributed by atoms with Gasteiger partial charge in [0.05, 0.1) is 17.8 Å². The molecule has 0 atom stereocenters. The number of hydrogen-bond acceptors (Lipinski definition) is 2. The molecule has 0 bridgehead atoms. The largest absolute Gasteiger partial charge is 0.350 e. The molecule has 0 radical (unpaired) electrons. The van der Waals surface area contributed by atoms with Gasteiger partial charge in [-0.15, -0.1) is 0 Å². The molecular weight excluding hydrogens is 262 g/mol. The van der Waals surface area contributed by atoms with E-state index in [0.717, 1.165) is 11.4 Å². The molecule has 0 spiro atoms. The normalized spacial score (nSPS) is 11.0. The van der Waals surface area contributed by atoms with Crippen LogP contribution in [-0.2, 0) is 6.54 Å². The van der Waals surface area contributed by atoms with Gasteiger partial charge in [-0.05, 0) is 40.2 Å². The van der Waals surface area contributed by atoms with E-state index in [4.69, 9.17) is 0 Å². The fourth-order valence-electron chi connectivity index (χ4n) is 2.38. The lowest BCUT2D eigenvalue weighted by Gasteiger charge is -2.09. The number of carbonyl (C=O) groups excluding carboxylic acids is 1. The van der Waals surface area contributed by atoms with Crippen LogP contribution in [0, 0.1) is 20.8 Å². The minimum absolute atomic E-state index is 0.0462. The molecule has 0 unspecified atom stereocenters. The van der Waals surface area contributed by atoms with E-state index in [-0.39, 0.29) is 11.9 Å². The highest BCUT2D eigenvalue weighted by Gasteiger charge is 2.19. The molecule has 1 N–H and O–H groups in total. The molecule has 1 heterocycles. The molecule has 1 aromatic heterocycles. The van der Waals surface area contributed by atoms with Crippen LogP contribution in [-0.4, -0.2) is 21.7 Å². The molecule has 21 heavy (non-hydrogen) atoms. The number of nitrogens with zero attached hydrogens (tertiary/aromatic N) is 2. The summed E-state index contributed by atoms with van der Waals surface area (Å²) in [7, 11) is 0. The van der Waals surface area contributed by atoms with Crippen molar-refractivity contribution in [1.82, 2.24) is 15.1 Å². The summed E-state index contributed by atoms with van der Waals surface area (Å²) in [6.07, 6.45) is 0. The van der Waals surface area contributed by atoms with Gasteiger partial charge >= 0.3 is 0 Å². The molecule has 0 aliphatic heterocycles. The maximum absolute atomic E-state index is 12.2. The molecule has 2 rings (SSSR count). The minimum Gasteiger partial charge on any atom is -0.350 e. The molecule has 0 fully saturated rings. The summed E-state index contributed by atoms with van der Waals surface area (Å²) >= 11 is 0. The maximum Gasteiger partial charge on any atom is 0.255 e. The monoisotopic (exact) mass is 285 g/mol. The van der Waals surface area contributed by atoms with E-state index in [1.165, 1.54) is 11.1 Å². The van der Waals surface area contributed by atoms with E-state index >= 15 is 0 Å². The Labute approximate surface area is 126 Å². The van der Waals surface area contributed by atoms with Crippen molar-refractivity contribution in [1.29, 1.82) is 0 Å². The van der Waals surface area contributed by atoms with Gasteiger partial charge in [-0.25, -0.2) is 0 Å². The number of hydrogen-bond donors (Lipinski definition) is 1. The van der Waals surface area contributed by atoms with Gasteiger partial charge in [-0.3, -0.25) is 9.48 Å². The highest BCUT2D eigenvalue weighted by atomic mass is 16.1. The van der Waals surface area contributed by atoms with E-state index in [9.17, 15) is 4.79 Å². The average Bonchev–Trinajstić information content (AvgIpc) is 2.66. The molecule has 0 saturated carbocycles. The molecule has 1 aromatic carbocycles. The Bertz CT molecular complexity index is 639. The van der Waals surface area contributed by atoms with Crippen molar-refractivity contribution in [2.75, 3.05) is 0 Å². The number of benzene rings is 1. The van der Waals surface area contributed by atoms with Crippen molar-refractivity contribution in [3.63, 3.8) is 0 Å². The third-order valence-corrected chi connectivity index (χ3v) is 3.48. The summed E-state index contributed by atoms with van der Waals surface area (Å²) in [4.78, 5) is 12.2. The zero-order chi connectivity index (χ0) is 15.6. The third-order valence-electron chi connectivity index (χ3n) is 3.48. The van der Waals surface area contributed by atoms with Gasteiger partial charge in [0.2, 0.25) is 0 Å². The van der Waals surface area contributed by atoms with Crippen LogP contribution in [0.3, 0.4) is 0 Å². The lowest BCUT2D eigenvalue weighted by molar-refractivity contribution is 0.0942. The fourth-order valence-corrected chi connectivity index (χ4v) is 2.38. The van der Waals surface area contributed by atoms with Crippen LogP contribution in [0.4, 0.5) is 0 Å². The molecule has 0 saturated heterocycles. The van der Waals surface area contributed by atoms with Crippen LogP contribution < -0.4 is 5.32 Å². The third kappa shape index (κ3) is 3.51. The van der Waals surface area contributed by atoms with Crippen molar-refractivity contribution in [2.45, 2.75) is 47.2 Å². The molecule has 0 aliphatic rings. The first-order valence-corrected chi connectivity index (χ1v) is 7.29. The predicted octanol–water partition coefficient (Wildman–Crippen LogP) is 2.99. The Morgan fingerprint density at radius 3 is 2.38 bits per heavy atom. The first kappa shape index (κ1) is 15.3. The maximum atomic E-state index is 12.2. The smallest absolute Gasteiger partial charge is 0.255 e. The highest BCUT2D eigenvalue weighted by molar-refractivity contribution is 5.96. The Balaban J connectivity index is 2.26. The van der Waals surface area contributed by atoms with E-state index in [1.807, 2.05) is 32.4 Å². The Hall–Kier alpha value is -2.10. The first-order chi connectivity index (χ1) is 9.88. The summed E-state index contributed by atoms with van der Waals surface area (Å²) in [5.74, 6) is -0.0462. The zero-order valence-electron chi connectivity index (χ0n) is 13.4. The van der Waals surface area contributed by atoms with Gasteiger partial charge in [0.1, 0.15) is 0 Å². The molecule has 112 valence electrons. The van der Waals surface area contributed by atoms with Crippen molar-refractivity contribution >= 4 is 5.91 Å². The van der Waals surface area contributed by atoms with Crippen molar-refractivity contribution in [3.8, 4) is 0 Å². The van der Waals surface area contributed by atoms with Crippen molar-refractivity contribution in [2.24, 2.45) is 0 Å². The van der Waals surface area contributed by atoms with E-state index in [2.05, 4.69) is 41.6 Å². The van der Waals surface area contributed by atoms with E-state index in [1.54, 1.807) is 0 Å². The standard InChI is InChI=1S/C17H23N3O/c1-11(2)18-17(21)16-13(4)19-20(14(16)5)10-15-8-6-12(3)7-9-15/h6-9,11H,10H2,1-5H3,(H,18,21). The summed E-state index contributed by atoms with van der Waals surface area (Å²) in [6, 6.07) is 8.50. The second kappa shape index (κ2) is 6.12. The van der Waals surface area contributed by atoms with Crippen LogP contribution in [0.25, 0.3) is 0 Å². The van der Waals surface area contributed by atoms with Crippen molar-refractivity contribution in [3.05, 3.63) is 52.3 Å². The second-order valence-corrected chi connectivity index (χ2v) is 5.82. The summed E-state index contributed by atoms with van der Waals surface area (Å²) in [6.45, 7) is 10.5. The molecular formula is C17H23N3O. The van der Waals surface area contributed by atoms with E-state index in [0.29, 0.717) is 12.1 Å². The lowest BCUT2D eigenvalue weighted by Crippen LogP contribution is -2.30. The van der Waals surface area contributed by atoms with Crippen LogP contribution in [0.15, 0.2) is 24.3 Å². The zero-order valence-corrected chi connectivity index (χ0v) is 13.4. The minimum atomic E-state index is -0.0462. The highest BCUT2D eigenvalue weighted by Crippen LogP contribution is 2.15. The first-order valence-electron chi connectivity index (χ1n) is 7.29. The number of carbonyl (C=O) groups is 1. The van der Waals surface area contributed by atoms with Gasteiger partial charge in [0.25, 0.3) is 5.91 Å². The van der Waals surface area contributed by atoms with Crippen LogP contribution in [0.5, 0.6) is 0 Å². The molecule has 4 heteroatoms. The summed E-state index contributed by atoms with van der Waals surface area (Å²) in [5.41, 5.74) is 4.80. The quantitative estimate of drug-likeness (QED) is 0.938. The Kier molecular flexibility index (Phi) is 4.46. The van der Waals surface area contributed by atoms with Crippen LogP contribution in [0.1, 0.15) is 46.7 Å². The Morgan fingerprint density at radius 2 is 1.81 bits per heavy atom. The van der Waals surface area contributed by atoms with Gasteiger partial charge in [0, 0.05) is 11.7 Å². The van der Waals surface area contributed by atoms with Gasteiger partial charge in [0.15, 0.2) is 0 Å². The fraction of sp³-hybridized carbons (Fsp3) is 0.412. The number of aryl methyl sites for hydroxylation is 2. The number of amides is 1. The van der Waals surface area contributed by atoms with Gasteiger partial charge < -0.3 is 5.32 Å². The Morgan fingerprint density at radius 1 is 1.19 bits per heavy atom. The SMILES string of the molecule is Cc1ccc(Cn2nc(C)c(C(=O)NC(C)C)c2C)cc1. The van der Waals surface area contributed by atoms with Crippen LogP contribution in [0.2, 0.25) is 0 Å². The molecule has 4 nitrogen and oxygen atoms in total. The van der Waals surface area contributed by atoms with Gasteiger partial charge in [-0.2, -0.15) is 5.10 Å². The average molecular weight is 285 g/mol. The number of rotatable bonds is 4. The number of nitrogens with one attached hydrogen (secondary N) is 1.